The van der Waals surface area contributed by atoms with Gasteiger partial charge in [0.1, 0.15) is 0 Å². The largest absolute Gasteiger partial charge is 0.330 e. The molecule has 0 aromatic rings. The molecule has 1 saturated heterocycles. The molecule has 1 aliphatic rings. The lowest BCUT2D eigenvalue weighted by molar-refractivity contribution is 0.291. The van der Waals surface area contributed by atoms with E-state index in [0.717, 1.165) is 24.7 Å². The zero-order valence-corrected chi connectivity index (χ0v) is 8.35. The summed E-state index contributed by atoms with van der Waals surface area (Å²) in [5.74, 6) is 0.649. The van der Waals surface area contributed by atoms with E-state index in [0.29, 0.717) is 12.0 Å². The van der Waals surface area contributed by atoms with E-state index >= 15 is 0 Å². The second-order valence-corrected chi connectivity index (χ2v) is 4.17. The summed E-state index contributed by atoms with van der Waals surface area (Å²) in [6.45, 7) is 8.58. The molecule has 70 valence electrons. The molecule has 0 radical (unpaired) electrons. The van der Waals surface area contributed by atoms with Gasteiger partial charge in [-0.2, -0.15) is 0 Å². The van der Waals surface area contributed by atoms with Gasteiger partial charge in [0, 0.05) is 24.2 Å². The number of hydrogen-bond donors (Lipinski definition) is 1. The molecule has 2 atom stereocenters. The van der Waals surface area contributed by atoms with E-state index in [1.54, 1.807) is 0 Å². The topological polar surface area (TPSA) is 29.3 Å². The molecule has 1 aliphatic heterocycles. The third kappa shape index (κ3) is 2.47. The zero-order chi connectivity index (χ0) is 9.14. The van der Waals surface area contributed by atoms with Gasteiger partial charge >= 0.3 is 0 Å². The van der Waals surface area contributed by atoms with Gasteiger partial charge < -0.3 is 5.73 Å². The number of hydrogen-bond acceptors (Lipinski definition) is 2. The summed E-state index contributed by atoms with van der Waals surface area (Å²) < 4.78 is 0. The van der Waals surface area contributed by atoms with E-state index in [2.05, 4.69) is 18.4 Å². The molecule has 0 aliphatic carbocycles. The fraction of sp³-hybridized carbons (Fsp3) is 0.778. The van der Waals surface area contributed by atoms with Crippen LogP contribution in [0, 0.1) is 5.92 Å². The van der Waals surface area contributed by atoms with Crippen LogP contribution >= 0.6 is 11.6 Å². The minimum absolute atomic E-state index is 0.606. The van der Waals surface area contributed by atoms with Crippen molar-refractivity contribution < 1.29 is 0 Å². The molecule has 2 unspecified atom stereocenters. The highest BCUT2D eigenvalue weighted by atomic mass is 35.5. The SMILES string of the molecule is C=C(Cl)CN1CC(CN)CC1C. The molecular weight excluding hydrogens is 172 g/mol. The summed E-state index contributed by atoms with van der Waals surface area (Å²) in [7, 11) is 0. The smallest absolute Gasteiger partial charge is 0.0338 e. The summed E-state index contributed by atoms with van der Waals surface area (Å²) in [6.07, 6.45) is 1.20. The van der Waals surface area contributed by atoms with Crippen molar-refractivity contribution in [2.24, 2.45) is 11.7 Å². The predicted molar refractivity (Wildman–Crippen MR) is 53.2 cm³/mol. The molecule has 0 amide bonds. The fourth-order valence-corrected chi connectivity index (χ4v) is 1.98. The normalized spacial score (nSPS) is 30.9. The van der Waals surface area contributed by atoms with E-state index in [-0.39, 0.29) is 0 Å². The Morgan fingerprint density at radius 2 is 2.42 bits per heavy atom. The average molecular weight is 189 g/mol. The van der Waals surface area contributed by atoms with E-state index in [9.17, 15) is 0 Å². The van der Waals surface area contributed by atoms with Crippen LogP contribution in [0.15, 0.2) is 11.6 Å². The molecule has 3 heteroatoms. The second-order valence-electron chi connectivity index (χ2n) is 3.63. The molecule has 2 nitrogen and oxygen atoms in total. The van der Waals surface area contributed by atoms with Crippen molar-refractivity contribution >= 4 is 11.6 Å². The van der Waals surface area contributed by atoms with Crippen LogP contribution in [-0.4, -0.2) is 30.6 Å². The predicted octanol–water partition coefficient (Wildman–Crippen LogP) is 1.41. The van der Waals surface area contributed by atoms with Gasteiger partial charge in [0.25, 0.3) is 0 Å². The van der Waals surface area contributed by atoms with Crippen LogP contribution in [-0.2, 0) is 0 Å². The Kier molecular flexibility index (Phi) is 3.56. The molecule has 0 aromatic carbocycles. The van der Waals surface area contributed by atoms with Gasteiger partial charge in [0.15, 0.2) is 0 Å². The maximum atomic E-state index is 5.75. The highest BCUT2D eigenvalue weighted by molar-refractivity contribution is 6.29. The Morgan fingerprint density at radius 1 is 1.75 bits per heavy atom. The van der Waals surface area contributed by atoms with E-state index in [4.69, 9.17) is 17.3 Å². The van der Waals surface area contributed by atoms with Gasteiger partial charge in [-0.15, -0.1) is 0 Å². The third-order valence-corrected chi connectivity index (χ3v) is 2.62. The molecule has 12 heavy (non-hydrogen) atoms. The quantitative estimate of drug-likeness (QED) is 0.726. The zero-order valence-electron chi connectivity index (χ0n) is 7.59. The first-order valence-electron chi connectivity index (χ1n) is 4.41. The molecule has 0 aromatic heterocycles. The first-order valence-corrected chi connectivity index (χ1v) is 4.78. The number of likely N-dealkylation sites (tertiary alicyclic amines) is 1. The van der Waals surface area contributed by atoms with Crippen LogP contribution in [0.1, 0.15) is 13.3 Å². The minimum atomic E-state index is 0.606. The van der Waals surface area contributed by atoms with Crippen LogP contribution < -0.4 is 5.73 Å². The first kappa shape index (κ1) is 10.0. The number of rotatable bonds is 3. The average Bonchev–Trinajstić information content (AvgIpc) is 2.31. The van der Waals surface area contributed by atoms with Gasteiger partial charge in [0.05, 0.1) is 0 Å². The van der Waals surface area contributed by atoms with Crippen molar-refractivity contribution in [3.63, 3.8) is 0 Å². The van der Waals surface area contributed by atoms with Gasteiger partial charge in [-0.1, -0.05) is 18.2 Å². The van der Waals surface area contributed by atoms with Gasteiger partial charge in [-0.25, -0.2) is 0 Å². The molecule has 1 rings (SSSR count). The Hall–Kier alpha value is -0.0500. The van der Waals surface area contributed by atoms with Crippen LogP contribution in [0.2, 0.25) is 0 Å². The molecule has 1 heterocycles. The van der Waals surface area contributed by atoms with E-state index in [1.807, 2.05) is 0 Å². The lowest BCUT2D eigenvalue weighted by Gasteiger charge is -2.19. The van der Waals surface area contributed by atoms with Crippen LogP contribution in [0.5, 0.6) is 0 Å². The Labute approximate surface area is 79.4 Å². The number of nitrogens with two attached hydrogens (primary N) is 1. The van der Waals surface area contributed by atoms with Gasteiger partial charge in [-0.05, 0) is 25.8 Å². The third-order valence-electron chi connectivity index (χ3n) is 2.50. The molecule has 0 spiro atoms. The maximum Gasteiger partial charge on any atom is 0.0338 e. The Morgan fingerprint density at radius 3 is 2.83 bits per heavy atom. The summed E-state index contributed by atoms with van der Waals surface area (Å²) >= 11 is 5.75. The Balaban J connectivity index is 2.40. The lowest BCUT2D eigenvalue weighted by Crippen LogP contribution is -2.28. The summed E-state index contributed by atoms with van der Waals surface area (Å²) in [5, 5.41) is 0.722. The van der Waals surface area contributed by atoms with E-state index in [1.165, 1.54) is 6.42 Å². The number of nitrogens with zero attached hydrogens (tertiary/aromatic N) is 1. The van der Waals surface area contributed by atoms with Gasteiger partial charge in [-0.3, -0.25) is 4.90 Å². The van der Waals surface area contributed by atoms with Crippen molar-refractivity contribution in [3.05, 3.63) is 11.6 Å². The highest BCUT2D eigenvalue weighted by Crippen LogP contribution is 2.22. The summed E-state index contributed by atoms with van der Waals surface area (Å²) in [4.78, 5) is 2.34. The molecule has 0 bridgehead atoms. The first-order chi connectivity index (χ1) is 5.63. The van der Waals surface area contributed by atoms with Crippen molar-refractivity contribution in [2.75, 3.05) is 19.6 Å². The van der Waals surface area contributed by atoms with E-state index < -0.39 is 0 Å². The van der Waals surface area contributed by atoms with Crippen molar-refractivity contribution in [1.29, 1.82) is 0 Å². The molecular formula is C9H17ClN2. The summed E-state index contributed by atoms with van der Waals surface area (Å²) in [5.41, 5.74) is 5.61. The van der Waals surface area contributed by atoms with Crippen LogP contribution in [0.3, 0.4) is 0 Å². The van der Waals surface area contributed by atoms with Gasteiger partial charge in [0.2, 0.25) is 0 Å². The number of halogens is 1. The fourth-order valence-electron chi connectivity index (χ4n) is 1.83. The summed E-state index contributed by atoms with van der Waals surface area (Å²) in [6, 6.07) is 0.606. The van der Waals surface area contributed by atoms with Crippen LogP contribution in [0.25, 0.3) is 0 Å². The standard InChI is InChI=1S/C9H17ClN2/c1-7(10)5-12-6-9(4-11)3-8(12)2/h8-9H,1,3-6,11H2,2H3. The molecule has 1 fully saturated rings. The second kappa shape index (κ2) is 4.26. The Bertz CT molecular complexity index is 170. The lowest BCUT2D eigenvalue weighted by atomic mass is 10.1. The minimum Gasteiger partial charge on any atom is -0.330 e. The van der Waals surface area contributed by atoms with Crippen molar-refractivity contribution in [3.8, 4) is 0 Å². The van der Waals surface area contributed by atoms with Crippen molar-refractivity contribution in [2.45, 2.75) is 19.4 Å². The molecule has 0 saturated carbocycles. The van der Waals surface area contributed by atoms with Crippen LogP contribution in [0.4, 0.5) is 0 Å². The molecule has 2 N–H and O–H groups in total. The monoisotopic (exact) mass is 188 g/mol. The van der Waals surface area contributed by atoms with Crippen molar-refractivity contribution in [1.82, 2.24) is 4.90 Å². The highest BCUT2D eigenvalue weighted by Gasteiger charge is 2.27. The maximum absolute atomic E-state index is 5.75.